The minimum Gasteiger partial charge on any atom is -0.871 e. The largest absolute Gasteiger partial charge is 1.00 e. The molecule has 14 nitrogen and oxygen atoms in total. The summed E-state index contributed by atoms with van der Waals surface area (Å²) in [4.78, 5) is -2.25. The Hall–Kier alpha value is -2.64. The van der Waals surface area contributed by atoms with Gasteiger partial charge in [0.25, 0.3) is 20.2 Å². The summed E-state index contributed by atoms with van der Waals surface area (Å²) in [6.45, 7) is 0. The third-order valence-electron chi connectivity index (χ3n) is 5.05. The van der Waals surface area contributed by atoms with Crippen molar-refractivity contribution in [2.45, 2.75) is 9.79 Å². The summed E-state index contributed by atoms with van der Waals surface area (Å²) in [6, 6.07) is 12.0. The van der Waals surface area contributed by atoms with Gasteiger partial charge in [-0.25, -0.2) is 0 Å². The zero-order chi connectivity index (χ0) is 27.8. The maximum Gasteiger partial charge on any atom is 1.00 e. The summed E-state index contributed by atoms with van der Waals surface area (Å²) in [5, 5.41) is 59.0. The number of fused-ring (bicyclic) bond motifs is 1. The molecule has 0 atom stereocenters. The Bertz CT molecular complexity index is 1750. The Kier molecular flexibility index (Phi) is 10.8. The van der Waals surface area contributed by atoms with E-state index in [4.69, 9.17) is 0 Å². The number of azo groups is 2. The van der Waals surface area contributed by atoms with Gasteiger partial charge in [0.05, 0.1) is 11.4 Å². The van der Waals surface area contributed by atoms with Gasteiger partial charge in [-0.05, 0) is 47.2 Å². The molecule has 0 aliphatic heterocycles. The van der Waals surface area contributed by atoms with E-state index >= 15 is 0 Å². The molecule has 0 heterocycles. The minimum absolute atomic E-state index is 0. The predicted octanol–water partition coefficient (Wildman–Crippen LogP) is -2.27. The molecule has 0 amide bonds. The number of hydrogen-bond donors (Lipinski definition) is 4. The fourth-order valence-corrected chi connectivity index (χ4v) is 4.63. The summed E-state index contributed by atoms with van der Waals surface area (Å²) in [6.07, 6.45) is 0. The number of benzene rings is 4. The first-order valence-electron chi connectivity index (χ1n) is 10.1. The molecule has 4 rings (SSSR count). The molecule has 196 valence electrons. The first-order valence-corrected chi connectivity index (χ1v) is 13.0. The minimum atomic E-state index is -5.18. The van der Waals surface area contributed by atoms with Gasteiger partial charge in [-0.3, -0.25) is 9.11 Å². The van der Waals surface area contributed by atoms with Crippen LogP contribution in [0.2, 0.25) is 0 Å². The molecule has 0 radical (unpaired) electrons. The second-order valence-corrected chi connectivity index (χ2v) is 10.3. The first-order chi connectivity index (χ1) is 17.8. The number of para-hydroxylation sites is 2. The van der Waals surface area contributed by atoms with Crippen molar-refractivity contribution in [1.29, 1.82) is 0 Å². The van der Waals surface area contributed by atoms with Crippen LogP contribution in [-0.4, -0.2) is 36.2 Å². The van der Waals surface area contributed by atoms with Crippen LogP contribution in [0, 0.1) is 0 Å². The standard InChI is InChI=1S/C22H16N4O10S2.2Na/c27-14-7-3-1-5-12(14)23-25-19-16(37(31,32)33)9-11-10-17(38(34,35)36)20(22(30)18(11)21(19)29)26-24-13-6-2-4-8-15(13)28;;/h1-10,27-30H,(H,31,32,33)(H,34,35,36);;/q;2*+1/p-2. The molecule has 4 aromatic rings. The summed E-state index contributed by atoms with van der Waals surface area (Å²) in [7, 11) is -10.4. The van der Waals surface area contributed by atoms with Crippen LogP contribution in [0.1, 0.15) is 0 Å². The van der Waals surface area contributed by atoms with E-state index in [1.165, 1.54) is 48.5 Å². The van der Waals surface area contributed by atoms with Crippen molar-refractivity contribution in [3.8, 4) is 23.0 Å². The molecule has 0 bridgehead atoms. The molecule has 4 N–H and O–H groups in total. The van der Waals surface area contributed by atoms with E-state index in [0.717, 1.165) is 0 Å². The molecule has 4 aromatic carbocycles. The van der Waals surface area contributed by atoms with Crippen molar-refractivity contribution in [2.75, 3.05) is 0 Å². The number of phenols is 2. The van der Waals surface area contributed by atoms with Crippen molar-refractivity contribution >= 4 is 53.8 Å². The van der Waals surface area contributed by atoms with Gasteiger partial charge in [0.2, 0.25) is 0 Å². The Morgan fingerprint density at radius 1 is 0.600 bits per heavy atom. The van der Waals surface area contributed by atoms with E-state index in [0.29, 0.717) is 12.1 Å². The third kappa shape index (κ3) is 6.98. The Morgan fingerprint density at radius 3 is 1.27 bits per heavy atom. The van der Waals surface area contributed by atoms with Crippen LogP contribution in [0.25, 0.3) is 10.8 Å². The van der Waals surface area contributed by atoms with Gasteiger partial charge in [0.15, 0.2) is 0 Å². The fraction of sp³-hybridized carbons (Fsp3) is 0. The molecule has 0 saturated carbocycles. The summed E-state index contributed by atoms with van der Waals surface area (Å²) < 4.78 is 67.4. The number of phenolic OH excluding ortho intramolecular Hbond substituents is 2. The molecular weight excluding hydrogens is 590 g/mol. The zero-order valence-electron chi connectivity index (χ0n) is 20.6. The van der Waals surface area contributed by atoms with Crippen molar-refractivity contribution in [3.05, 3.63) is 60.7 Å². The molecule has 0 aromatic heterocycles. The monoisotopic (exact) mass is 604 g/mol. The van der Waals surface area contributed by atoms with Crippen molar-refractivity contribution in [1.82, 2.24) is 0 Å². The average Bonchev–Trinajstić information content (AvgIpc) is 2.83. The smallest absolute Gasteiger partial charge is 0.871 e. The van der Waals surface area contributed by atoms with Crippen LogP contribution in [0.5, 0.6) is 23.0 Å². The molecular formula is C22H14N4Na2O10S2. The van der Waals surface area contributed by atoms with Gasteiger partial charge < -0.3 is 20.4 Å². The number of rotatable bonds is 6. The summed E-state index contributed by atoms with van der Waals surface area (Å²) in [5.41, 5.74) is -2.42. The Labute approximate surface area is 270 Å². The SMILES string of the molecule is O=S(=O)(O)c1cc2cc(S(=O)(=O)O)c(N=Nc3ccccc3O)c([O-])c2c([O-])c1N=Nc1ccccc1O.[Na+].[Na+]. The third-order valence-corrected chi connectivity index (χ3v) is 6.78. The molecule has 0 saturated heterocycles. The van der Waals surface area contributed by atoms with Crippen molar-refractivity contribution in [3.63, 3.8) is 0 Å². The average molecular weight is 604 g/mol. The van der Waals surface area contributed by atoms with Gasteiger partial charge in [0, 0.05) is 0 Å². The molecule has 0 aliphatic carbocycles. The maximum absolute atomic E-state index is 13.2. The molecule has 18 heteroatoms. The molecule has 40 heavy (non-hydrogen) atoms. The van der Waals surface area contributed by atoms with Crippen LogP contribution in [0.15, 0.2) is 90.9 Å². The van der Waals surface area contributed by atoms with E-state index in [-0.39, 0.29) is 82.0 Å². The predicted molar refractivity (Wildman–Crippen MR) is 127 cm³/mol. The van der Waals surface area contributed by atoms with Gasteiger partial charge in [-0.1, -0.05) is 35.8 Å². The number of hydrogen-bond acceptors (Lipinski definition) is 12. The van der Waals surface area contributed by atoms with Gasteiger partial charge in [-0.15, -0.1) is 20.5 Å². The van der Waals surface area contributed by atoms with Crippen LogP contribution in [0.3, 0.4) is 0 Å². The topological polar surface area (TPSA) is 245 Å². The van der Waals surface area contributed by atoms with Gasteiger partial charge >= 0.3 is 59.1 Å². The number of nitrogens with zero attached hydrogens (tertiary/aromatic N) is 4. The molecule has 0 fully saturated rings. The van der Waals surface area contributed by atoms with Gasteiger partial charge in [0.1, 0.15) is 32.7 Å². The molecule has 0 unspecified atom stereocenters. The number of aromatic hydroxyl groups is 2. The van der Waals surface area contributed by atoms with E-state index in [1.807, 2.05) is 0 Å². The van der Waals surface area contributed by atoms with Crippen LogP contribution >= 0.6 is 0 Å². The van der Waals surface area contributed by atoms with E-state index < -0.39 is 63.7 Å². The maximum atomic E-state index is 13.2. The second kappa shape index (κ2) is 12.9. The van der Waals surface area contributed by atoms with Crippen molar-refractivity contribution < 1.29 is 105 Å². The fourth-order valence-electron chi connectivity index (χ4n) is 3.32. The Balaban J connectivity index is 0.00000280. The Morgan fingerprint density at radius 2 is 0.950 bits per heavy atom. The van der Waals surface area contributed by atoms with E-state index in [9.17, 15) is 46.4 Å². The second-order valence-electron chi connectivity index (χ2n) is 7.53. The molecule has 0 aliphatic rings. The normalized spacial score (nSPS) is 11.9. The van der Waals surface area contributed by atoms with Crippen LogP contribution in [-0.2, 0) is 20.2 Å². The zero-order valence-corrected chi connectivity index (χ0v) is 26.3. The van der Waals surface area contributed by atoms with Crippen molar-refractivity contribution in [2.24, 2.45) is 20.5 Å². The summed E-state index contributed by atoms with van der Waals surface area (Å²) >= 11 is 0. The van der Waals surface area contributed by atoms with E-state index in [2.05, 4.69) is 20.5 Å². The molecule has 0 spiro atoms. The van der Waals surface area contributed by atoms with Crippen LogP contribution in [0.4, 0.5) is 22.7 Å². The van der Waals surface area contributed by atoms with E-state index in [1.54, 1.807) is 0 Å². The summed E-state index contributed by atoms with van der Waals surface area (Å²) in [5.74, 6) is -3.54. The van der Waals surface area contributed by atoms with Crippen LogP contribution < -0.4 is 69.3 Å². The quantitative estimate of drug-likeness (QED) is 0.104. The van der Waals surface area contributed by atoms with Gasteiger partial charge in [-0.2, -0.15) is 16.8 Å². The first kappa shape index (κ1) is 33.6.